The van der Waals surface area contributed by atoms with Gasteiger partial charge < -0.3 is 14.6 Å². The number of hydrogen-bond acceptors (Lipinski definition) is 3. The highest BCUT2D eigenvalue weighted by Crippen LogP contribution is 2.20. The van der Waals surface area contributed by atoms with E-state index in [4.69, 9.17) is 9.47 Å². The summed E-state index contributed by atoms with van der Waals surface area (Å²) in [6.45, 7) is 6.87. The normalized spacial score (nSPS) is 32.0. The van der Waals surface area contributed by atoms with E-state index in [2.05, 4.69) is 0 Å². The fraction of sp³-hybridized carbons (Fsp3) is 1.00. The van der Waals surface area contributed by atoms with Crippen LogP contribution >= 0.6 is 0 Å². The second kappa shape index (κ2) is 3.73. The predicted molar refractivity (Wildman–Crippen MR) is 46.1 cm³/mol. The third-order valence-corrected chi connectivity index (χ3v) is 2.02. The van der Waals surface area contributed by atoms with Crippen LogP contribution < -0.4 is 0 Å². The first kappa shape index (κ1) is 9.96. The van der Waals surface area contributed by atoms with Crippen LogP contribution in [0, 0.1) is 0 Å². The summed E-state index contributed by atoms with van der Waals surface area (Å²) in [7, 11) is 0. The molecule has 0 aromatic heterocycles. The first-order valence-electron chi connectivity index (χ1n) is 4.44. The zero-order chi connectivity index (χ0) is 9.19. The summed E-state index contributed by atoms with van der Waals surface area (Å²) in [5.74, 6) is 0. The van der Waals surface area contributed by atoms with Gasteiger partial charge in [0.1, 0.15) is 0 Å². The molecule has 0 bridgehead atoms. The van der Waals surface area contributed by atoms with Crippen LogP contribution in [0.5, 0.6) is 0 Å². The zero-order valence-electron chi connectivity index (χ0n) is 8.04. The van der Waals surface area contributed by atoms with Crippen molar-refractivity contribution in [2.24, 2.45) is 0 Å². The first-order chi connectivity index (χ1) is 5.49. The Morgan fingerprint density at radius 2 is 1.92 bits per heavy atom. The van der Waals surface area contributed by atoms with Gasteiger partial charge in [0.05, 0.1) is 31.0 Å². The van der Waals surface area contributed by atoms with E-state index in [1.165, 1.54) is 0 Å². The molecule has 0 spiro atoms. The minimum absolute atomic E-state index is 0.0405. The molecule has 0 amide bonds. The lowest BCUT2D eigenvalue weighted by atomic mass is 9.98. The van der Waals surface area contributed by atoms with Gasteiger partial charge in [-0.05, 0) is 20.8 Å². The van der Waals surface area contributed by atoms with Gasteiger partial charge in [0.15, 0.2) is 0 Å². The van der Waals surface area contributed by atoms with E-state index in [1.54, 1.807) is 13.8 Å². The Kier molecular flexibility index (Phi) is 3.09. The highest BCUT2D eigenvalue weighted by Gasteiger charge is 2.28. The fourth-order valence-electron chi connectivity index (χ4n) is 1.39. The summed E-state index contributed by atoms with van der Waals surface area (Å²) in [6.07, 6.45) is 0.776. The predicted octanol–water partition coefficient (Wildman–Crippen LogP) is 0.951. The summed E-state index contributed by atoms with van der Waals surface area (Å²) in [4.78, 5) is 0. The van der Waals surface area contributed by atoms with Crippen molar-refractivity contribution >= 4 is 0 Å². The van der Waals surface area contributed by atoms with Crippen LogP contribution in [0.2, 0.25) is 0 Å². The van der Waals surface area contributed by atoms with E-state index in [1.807, 2.05) is 6.92 Å². The standard InChI is InChI=1S/C9H18O3/c1-7-8(6-9(2,3)10)12-5-4-11-7/h7-8,10H,4-6H2,1-3H3. The van der Waals surface area contributed by atoms with Crippen LogP contribution in [0.1, 0.15) is 27.2 Å². The average molecular weight is 174 g/mol. The van der Waals surface area contributed by atoms with Gasteiger partial charge in [0.25, 0.3) is 0 Å². The lowest BCUT2D eigenvalue weighted by Gasteiger charge is -2.33. The van der Waals surface area contributed by atoms with E-state index in [-0.39, 0.29) is 12.2 Å². The molecule has 3 nitrogen and oxygen atoms in total. The van der Waals surface area contributed by atoms with Crippen LogP contribution in [-0.2, 0) is 9.47 Å². The summed E-state index contributed by atoms with van der Waals surface area (Å²) in [5, 5.41) is 9.55. The third-order valence-electron chi connectivity index (χ3n) is 2.02. The second-order valence-corrected chi connectivity index (χ2v) is 4.00. The maximum absolute atomic E-state index is 9.55. The van der Waals surface area contributed by atoms with Crippen molar-refractivity contribution in [3.05, 3.63) is 0 Å². The molecule has 3 heteroatoms. The number of hydrogen-bond donors (Lipinski definition) is 1. The van der Waals surface area contributed by atoms with Crippen LogP contribution in [0.15, 0.2) is 0 Å². The van der Waals surface area contributed by atoms with E-state index in [0.29, 0.717) is 19.6 Å². The molecule has 0 saturated carbocycles. The largest absolute Gasteiger partial charge is 0.390 e. The Morgan fingerprint density at radius 3 is 2.42 bits per heavy atom. The molecule has 1 N–H and O–H groups in total. The SMILES string of the molecule is CC1OCCOC1CC(C)(C)O. The molecule has 1 fully saturated rings. The van der Waals surface area contributed by atoms with Gasteiger partial charge in [-0.25, -0.2) is 0 Å². The van der Waals surface area contributed by atoms with Gasteiger partial charge in [-0.3, -0.25) is 0 Å². The molecule has 1 aliphatic rings. The molecule has 1 heterocycles. The van der Waals surface area contributed by atoms with E-state index < -0.39 is 5.60 Å². The Balaban J connectivity index is 2.39. The lowest BCUT2D eigenvalue weighted by Crippen LogP contribution is -2.41. The average Bonchev–Trinajstić information content (AvgIpc) is 1.91. The van der Waals surface area contributed by atoms with E-state index in [0.717, 1.165) is 0 Å². The third kappa shape index (κ3) is 3.09. The molecule has 2 unspecified atom stereocenters. The molecule has 0 aromatic rings. The van der Waals surface area contributed by atoms with Crippen molar-refractivity contribution in [3.8, 4) is 0 Å². The van der Waals surface area contributed by atoms with Gasteiger partial charge in [-0.2, -0.15) is 0 Å². The monoisotopic (exact) mass is 174 g/mol. The van der Waals surface area contributed by atoms with Crippen molar-refractivity contribution in [3.63, 3.8) is 0 Å². The maximum Gasteiger partial charge on any atom is 0.0862 e. The number of ether oxygens (including phenoxy) is 2. The number of aliphatic hydroxyl groups is 1. The van der Waals surface area contributed by atoms with Gasteiger partial charge in [-0.1, -0.05) is 0 Å². The lowest BCUT2D eigenvalue weighted by molar-refractivity contribution is -0.151. The molecule has 72 valence electrons. The molecule has 1 aliphatic heterocycles. The van der Waals surface area contributed by atoms with Crippen LogP contribution in [0.4, 0.5) is 0 Å². The van der Waals surface area contributed by atoms with Crippen molar-refractivity contribution in [1.29, 1.82) is 0 Å². The Morgan fingerprint density at radius 1 is 1.33 bits per heavy atom. The summed E-state index contributed by atoms with van der Waals surface area (Å²) < 4.78 is 10.9. The first-order valence-corrected chi connectivity index (χ1v) is 4.44. The smallest absolute Gasteiger partial charge is 0.0862 e. The van der Waals surface area contributed by atoms with Gasteiger partial charge >= 0.3 is 0 Å². The van der Waals surface area contributed by atoms with E-state index in [9.17, 15) is 5.11 Å². The molecule has 1 rings (SSSR count). The van der Waals surface area contributed by atoms with Crippen molar-refractivity contribution in [2.75, 3.05) is 13.2 Å². The van der Waals surface area contributed by atoms with Gasteiger partial charge in [-0.15, -0.1) is 0 Å². The number of rotatable bonds is 2. The molecule has 0 radical (unpaired) electrons. The van der Waals surface area contributed by atoms with Crippen LogP contribution in [-0.4, -0.2) is 36.1 Å². The molecule has 2 atom stereocenters. The Hall–Kier alpha value is -0.120. The summed E-state index contributed by atoms with van der Waals surface area (Å²) >= 11 is 0. The topological polar surface area (TPSA) is 38.7 Å². The van der Waals surface area contributed by atoms with Crippen LogP contribution in [0.25, 0.3) is 0 Å². The maximum atomic E-state index is 9.55. The Labute approximate surface area is 73.7 Å². The highest BCUT2D eigenvalue weighted by atomic mass is 16.6. The molecule has 0 aliphatic carbocycles. The molecule has 1 saturated heterocycles. The summed E-state index contributed by atoms with van der Waals surface area (Å²) in [5.41, 5.74) is -0.667. The molecular formula is C9H18O3. The van der Waals surface area contributed by atoms with Gasteiger partial charge in [0, 0.05) is 6.42 Å². The quantitative estimate of drug-likeness (QED) is 0.677. The zero-order valence-corrected chi connectivity index (χ0v) is 8.04. The van der Waals surface area contributed by atoms with Crippen molar-refractivity contribution in [1.82, 2.24) is 0 Å². The fourth-order valence-corrected chi connectivity index (χ4v) is 1.39. The molecule has 0 aromatic carbocycles. The van der Waals surface area contributed by atoms with Gasteiger partial charge in [0.2, 0.25) is 0 Å². The van der Waals surface area contributed by atoms with E-state index >= 15 is 0 Å². The Bertz CT molecular complexity index is 139. The minimum atomic E-state index is -0.667. The minimum Gasteiger partial charge on any atom is -0.390 e. The van der Waals surface area contributed by atoms with Crippen LogP contribution in [0.3, 0.4) is 0 Å². The van der Waals surface area contributed by atoms with Crippen molar-refractivity contribution in [2.45, 2.75) is 45.0 Å². The molecule has 12 heavy (non-hydrogen) atoms. The second-order valence-electron chi connectivity index (χ2n) is 4.00. The highest BCUT2D eigenvalue weighted by molar-refractivity contribution is 4.78. The van der Waals surface area contributed by atoms with Crippen molar-refractivity contribution < 1.29 is 14.6 Å². The summed E-state index contributed by atoms with van der Waals surface area (Å²) in [6, 6.07) is 0. The molecular weight excluding hydrogens is 156 g/mol.